The zero-order valence-corrected chi connectivity index (χ0v) is 16.6. The van der Waals surface area contributed by atoms with Gasteiger partial charge in [-0.25, -0.2) is 17.4 Å². The number of nitrogens with zero attached hydrogens (tertiary/aromatic N) is 4. The first-order valence-corrected chi connectivity index (χ1v) is 10.8. The topological polar surface area (TPSA) is 132 Å². The van der Waals surface area contributed by atoms with Crippen LogP contribution in [0.5, 0.6) is 0 Å². The number of sulfonamides is 1. The van der Waals surface area contributed by atoms with Crippen LogP contribution in [0.2, 0.25) is 0 Å². The monoisotopic (exact) mass is 400 g/mol. The number of nitrogens with two attached hydrogens (primary N) is 1. The third kappa shape index (κ3) is 4.84. The number of ether oxygens (including phenoxy) is 1. The lowest BCUT2D eigenvalue weighted by molar-refractivity contribution is 0.0921. The number of nitrogens with one attached hydrogen (secondary N) is 1. The van der Waals surface area contributed by atoms with Crippen LogP contribution in [-0.4, -0.2) is 78.8 Å². The van der Waals surface area contributed by atoms with Gasteiger partial charge in [0.15, 0.2) is 5.69 Å². The number of aromatic nitrogens is 3. The van der Waals surface area contributed by atoms with Crippen molar-refractivity contribution in [3.05, 3.63) is 11.9 Å². The van der Waals surface area contributed by atoms with Crippen LogP contribution in [0.4, 0.5) is 0 Å². The minimum Gasteiger partial charge on any atom is -0.379 e. The van der Waals surface area contributed by atoms with E-state index in [0.717, 1.165) is 25.7 Å². The van der Waals surface area contributed by atoms with Gasteiger partial charge in [0.25, 0.3) is 5.91 Å². The van der Waals surface area contributed by atoms with Gasteiger partial charge in [0.1, 0.15) is 0 Å². The summed E-state index contributed by atoms with van der Waals surface area (Å²) in [6.07, 6.45) is 5.37. The smallest absolute Gasteiger partial charge is 0.273 e. The molecule has 1 saturated carbocycles. The largest absolute Gasteiger partial charge is 0.379 e. The molecule has 1 aromatic rings. The third-order valence-electron chi connectivity index (χ3n) is 5.35. The van der Waals surface area contributed by atoms with Crippen LogP contribution in [0.15, 0.2) is 6.20 Å². The minimum atomic E-state index is -3.37. The number of carbonyl (C=O) groups is 1. The highest BCUT2D eigenvalue weighted by molar-refractivity contribution is 7.89. The van der Waals surface area contributed by atoms with E-state index in [0.29, 0.717) is 6.61 Å². The number of rotatable bonds is 6. The van der Waals surface area contributed by atoms with Crippen molar-refractivity contribution in [3.63, 3.8) is 0 Å². The number of hydrogen-bond donors (Lipinski definition) is 2. The van der Waals surface area contributed by atoms with Crippen LogP contribution in [0.3, 0.4) is 0 Å². The number of hydrogen-bond acceptors (Lipinski definition) is 7. The standard InChI is InChI=1S/C16H28N6O4S/c1-21(2)27(24,25)10-11-8-26-9-15(11)18-16(23)14-7-22(20-19-14)13-5-3-12(17)4-6-13/h7,11-13,15H,3-6,8-10,17H2,1-2H3,(H,18,23)/t11-,12?,13?,15+/m0/s1. The number of amides is 1. The van der Waals surface area contributed by atoms with Crippen molar-refractivity contribution >= 4 is 15.9 Å². The quantitative estimate of drug-likeness (QED) is 0.649. The molecule has 1 saturated heterocycles. The summed E-state index contributed by atoms with van der Waals surface area (Å²) in [6, 6.07) is 0.0852. The molecule has 1 aliphatic carbocycles. The summed E-state index contributed by atoms with van der Waals surface area (Å²) in [6.45, 7) is 0.584. The molecular weight excluding hydrogens is 372 g/mol. The lowest BCUT2D eigenvalue weighted by Gasteiger charge is -2.25. The van der Waals surface area contributed by atoms with Gasteiger partial charge in [0.05, 0.1) is 37.2 Å². The predicted octanol–water partition coefficient (Wildman–Crippen LogP) is -0.643. The Morgan fingerprint density at radius 2 is 2.04 bits per heavy atom. The Balaban J connectivity index is 1.60. The molecular formula is C16H28N6O4S. The van der Waals surface area contributed by atoms with Gasteiger partial charge in [-0.05, 0) is 25.7 Å². The van der Waals surface area contributed by atoms with Crippen molar-refractivity contribution in [2.45, 2.75) is 43.8 Å². The van der Waals surface area contributed by atoms with Gasteiger partial charge >= 0.3 is 0 Å². The molecule has 0 bridgehead atoms. The molecule has 0 radical (unpaired) electrons. The number of carbonyl (C=O) groups excluding carboxylic acids is 1. The first-order valence-electron chi connectivity index (χ1n) is 9.22. The summed E-state index contributed by atoms with van der Waals surface area (Å²) in [4.78, 5) is 12.5. The third-order valence-corrected chi connectivity index (χ3v) is 7.32. The molecule has 0 aromatic carbocycles. The average Bonchev–Trinajstić information content (AvgIpc) is 3.25. The van der Waals surface area contributed by atoms with Gasteiger partial charge in [0, 0.05) is 26.1 Å². The van der Waals surface area contributed by atoms with Crippen molar-refractivity contribution in [1.29, 1.82) is 0 Å². The van der Waals surface area contributed by atoms with Gasteiger partial charge in [-0.15, -0.1) is 5.10 Å². The van der Waals surface area contributed by atoms with Crippen molar-refractivity contribution in [3.8, 4) is 0 Å². The Morgan fingerprint density at radius 3 is 2.70 bits per heavy atom. The van der Waals surface area contributed by atoms with E-state index in [9.17, 15) is 13.2 Å². The van der Waals surface area contributed by atoms with Gasteiger partial charge < -0.3 is 15.8 Å². The maximum absolute atomic E-state index is 12.5. The van der Waals surface area contributed by atoms with E-state index in [1.54, 1.807) is 10.9 Å². The summed E-state index contributed by atoms with van der Waals surface area (Å²) < 4.78 is 32.5. The van der Waals surface area contributed by atoms with E-state index in [1.165, 1.54) is 18.4 Å². The SMILES string of the molecule is CN(C)S(=O)(=O)C[C@@H]1COC[C@H]1NC(=O)c1cn(C2CCC(N)CC2)nn1. The summed E-state index contributed by atoms with van der Waals surface area (Å²) >= 11 is 0. The van der Waals surface area contributed by atoms with E-state index in [1.807, 2.05) is 0 Å². The second-order valence-corrected chi connectivity index (χ2v) is 9.82. The Labute approximate surface area is 159 Å². The highest BCUT2D eigenvalue weighted by atomic mass is 32.2. The fourth-order valence-electron chi connectivity index (χ4n) is 3.51. The van der Waals surface area contributed by atoms with Gasteiger partial charge in [-0.3, -0.25) is 4.79 Å². The predicted molar refractivity (Wildman–Crippen MR) is 98.5 cm³/mol. The molecule has 0 unspecified atom stereocenters. The molecule has 1 aliphatic heterocycles. The highest BCUT2D eigenvalue weighted by Crippen LogP contribution is 2.26. The molecule has 2 fully saturated rings. The Hall–Kier alpha value is -1.56. The summed E-state index contributed by atoms with van der Waals surface area (Å²) in [5.41, 5.74) is 6.16. The average molecular weight is 401 g/mol. The first-order chi connectivity index (χ1) is 12.8. The van der Waals surface area contributed by atoms with E-state index >= 15 is 0 Å². The Kier molecular flexibility index (Phi) is 6.14. The van der Waals surface area contributed by atoms with Gasteiger partial charge in [-0.2, -0.15) is 0 Å². The summed E-state index contributed by atoms with van der Waals surface area (Å²) in [5, 5.41) is 10.9. The van der Waals surface area contributed by atoms with Crippen LogP contribution in [0.25, 0.3) is 0 Å². The second-order valence-electron chi connectivity index (χ2n) is 7.59. The minimum absolute atomic E-state index is 0.0695. The highest BCUT2D eigenvalue weighted by Gasteiger charge is 2.34. The van der Waals surface area contributed by atoms with E-state index in [2.05, 4.69) is 15.6 Å². The molecule has 3 rings (SSSR count). The fourth-order valence-corrected chi connectivity index (χ4v) is 4.68. The van der Waals surface area contributed by atoms with E-state index in [4.69, 9.17) is 10.5 Å². The fraction of sp³-hybridized carbons (Fsp3) is 0.812. The molecule has 2 heterocycles. The molecule has 10 nitrogen and oxygen atoms in total. The molecule has 27 heavy (non-hydrogen) atoms. The molecule has 1 aromatic heterocycles. The normalized spacial score (nSPS) is 29.2. The molecule has 11 heteroatoms. The van der Waals surface area contributed by atoms with Crippen molar-refractivity contribution in [2.75, 3.05) is 33.1 Å². The van der Waals surface area contributed by atoms with Crippen molar-refractivity contribution in [2.24, 2.45) is 11.7 Å². The van der Waals surface area contributed by atoms with Crippen LogP contribution >= 0.6 is 0 Å². The molecule has 152 valence electrons. The Bertz CT molecular complexity index is 757. The molecule has 1 amide bonds. The van der Waals surface area contributed by atoms with E-state index < -0.39 is 10.0 Å². The summed E-state index contributed by atoms with van der Waals surface area (Å²) in [7, 11) is -0.380. The first kappa shape index (κ1) is 20.2. The zero-order valence-electron chi connectivity index (χ0n) is 15.7. The molecule has 2 atom stereocenters. The van der Waals surface area contributed by atoms with Crippen LogP contribution in [0.1, 0.15) is 42.2 Å². The summed E-state index contributed by atoms with van der Waals surface area (Å²) in [5.74, 6) is -0.729. The zero-order chi connectivity index (χ0) is 19.6. The van der Waals surface area contributed by atoms with Crippen LogP contribution in [-0.2, 0) is 14.8 Å². The molecule has 2 aliphatic rings. The lowest BCUT2D eigenvalue weighted by Crippen LogP contribution is -2.43. The second kappa shape index (κ2) is 8.21. The van der Waals surface area contributed by atoms with Crippen molar-refractivity contribution < 1.29 is 17.9 Å². The van der Waals surface area contributed by atoms with Gasteiger partial charge in [0.2, 0.25) is 10.0 Å². The maximum Gasteiger partial charge on any atom is 0.273 e. The van der Waals surface area contributed by atoms with E-state index in [-0.39, 0.29) is 48.0 Å². The lowest BCUT2D eigenvalue weighted by atomic mass is 9.92. The Morgan fingerprint density at radius 1 is 1.33 bits per heavy atom. The van der Waals surface area contributed by atoms with Crippen molar-refractivity contribution in [1.82, 2.24) is 24.6 Å². The van der Waals surface area contributed by atoms with Gasteiger partial charge in [-0.1, -0.05) is 5.21 Å². The van der Waals surface area contributed by atoms with Crippen LogP contribution in [0, 0.1) is 5.92 Å². The molecule has 3 N–H and O–H groups in total. The maximum atomic E-state index is 12.5. The molecule has 0 spiro atoms. The van der Waals surface area contributed by atoms with Crippen LogP contribution < -0.4 is 11.1 Å².